The highest BCUT2D eigenvalue weighted by Crippen LogP contribution is 2.62. The lowest BCUT2D eigenvalue weighted by atomic mass is 9.47. The molecule has 1 aromatic rings. The topological polar surface area (TPSA) is 34.1 Å². The third-order valence-electron chi connectivity index (χ3n) is 7.16. The minimum Gasteiger partial charge on any atom is -0.299 e. The van der Waals surface area contributed by atoms with E-state index >= 15 is 0 Å². The van der Waals surface area contributed by atoms with Gasteiger partial charge >= 0.3 is 0 Å². The monoisotopic (exact) mass is 376 g/mol. The first-order valence-electron chi connectivity index (χ1n) is 10.8. The summed E-state index contributed by atoms with van der Waals surface area (Å²) in [6, 6.07) is 10.1. The Kier molecular flexibility index (Phi) is 5.94. The van der Waals surface area contributed by atoms with Crippen LogP contribution in [0.2, 0.25) is 0 Å². The van der Waals surface area contributed by atoms with Crippen LogP contribution in [-0.2, 0) is 9.59 Å². The summed E-state index contributed by atoms with van der Waals surface area (Å²) in [5.74, 6) is 8.03. The van der Waals surface area contributed by atoms with Gasteiger partial charge in [-0.1, -0.05) is 57.7 Å². The summed E-state index contributed by atoms with van der Waals surface area (Å²) in [6.07, 6.45) is 6.78. The first-order valence-corrected chi connectivity index (χ1v) is 10.8. The largest absolute Gasteiger partial charge is 0.299 e. The Morgan fingerprint density at radius 2 is 1.71 bits per heavy atom. The van der Waals surface area contributed by atoms with Crippen LogP contribution in [0.1, 0.15) is 71.8 Å². The van der Waals surface area contributed by atoms with E-state index in [9.17, 15) is 9.59 Å². The van der Waals surface area contributed by atoms with E-state index in [1.165, 1.54) is 5.57 Å². The summed E-state index contributed by atoms with van der Waals surface area (Å²) in [6.45, 7) is 8.36. The van der Waals surface area contributed by atoms with Gasteiger partial charge in [0.2, 0.25) is 0 Å². The Bertz CT molecular complexity index is 838. The van der Waals surface area contributed by atoms with Crippen LogP contribution in [0.4, 0.5) is 0 Å². The molecule has 4 atom stereocenters. The third kappa shape index (κ3) is 3.48. The third-order valence-corrected chi connectivity index (χ3v) is 7.16. The Balaban J connectivity index is 0.00000109. The van der Waals surface area contributed by atoms with Crippen molar-refractivity contribution in [3.8, 4) is 11.8 Å². The lowest BCUT2D eigenvalue weighted by molar-refractivity contribution is -0.131. The van der Waals surface area contributed by atoms with E-state index in [0.717, 1.165) is 31.2 Å². The van der Waals surface area contributed by atoms with E-state index < -0.39 is 0 Å². The fraction of sp³-hybridized carbons (Fsp3) is 0.538. The quantitative estimate of drug-likeness (QED) is 0.540. The molecule has 2 saturated carbocycles. The zero-order chi connectivity index (χ0) is 20.4. The van der Waals surface area contributed by atoms with Crippen LogP contribution in [-0.4, -0.2) is 11.6 Å². The number of allylic oxidation sites excluding steroid dienone is 2. The predicted octanol–water partition coefficient (Wildman–Crippen LogP) is 5.76. The molecule has 4 rings (SSSR count). The number of rotatable bonds is 0. The lowest BCUT2D eigenvalue weighted by Gasteiger charge is -2.56. The van der Waals surface area contributed by atoms with E-state index in [-0.39, 0.29) is 22.5 Å². The number of hydrogen-bond donors (Lipinski definition) is 0. The van der Waals surface area contributed by atoms with Gasteiger partial charge in [-0.2, -0.15) is 0 Å². The molecule has 0 aromatic heterocycles. The molecule has 0 radical (unpaired) electrons. The molecule has 2 heteroatoms. The lowest BCUT2D eigenvalue weighted by Crippen LogP contribution is -2.51. The molecular formula is C26H32O2. The zero-order valence-corrected chi connectivity index (χ0v) is 17.7. The van der Waals surface area contributed by atoms with Crippen LogP contribution in [0.15, 0.2) is 42.0 Å². The molecule has 0 amide bonds. The van der Waals surface area contributed by atoms with E-state index in [1.54, 1.807) is 0 Å². The van der Waals surface area contributed by atoms with Crippen molar-refractivity contribution in [2.45, 2.75) is 66.2 Å². The molecule has 2 nitrogen and oxygen atoms in total. The zero-order valence-electron chi connectivity index (χ0n) is 17.7. The second-order valence-corrected chi connectivity index (χ2v) is 8.54. The average Bonchev–Trinajstić information content (AvgIpc) is 2.73. The van der Waals surface area contributed by atoms with Gasteiger partial charge in [0.1, 0.15) is 5.78 Å². The molecule has 0 spiro atoms. The summed E-state index contributed by atoms with van der Waals surface area (Å²) in [4.78, 5) is 24.6. The van der Waals surface area contributed by atoms with Gasteiger partial charge in [0.25, 0.3) is 0 Å². The summed E-state index contributed by atoms with van der Waals surface area (Å²) >= 11 is 0. The summed E-state index contributed by atoms with van der Waals surface area (Å²) < 4.78 is 0. The summed E-state index contributed by atoms with van der Waals surface area (Å²) in [5.41, 5.74) is 1.97. The number of hydrogen-bond acceptors (Lipinski definition) is 2. The fourth-order valence-electron chi connectivity index (χ4n) is 5.60. The molecule has 0 saturated heterocycles. The van der Waals surface area contributed by atoms with Gasteiger partial charge in [-0.05, 0) is 60.8 Å². The summed E-state index contributed by atoms with van der Waals surface area (Å²) in [7, 11) is 0. The van der Waals surface area contributed by atoms with Crippen LogP contribution in [0.5, 0.6) is 0 Å². The van der Waals surface area contributed by atoms with Crippen molar-refractivity contribution < 1.29 is 9.59 Å². The van der Waals surface area contributed by atoms with Crippen LogP contribution < -0.4 is 0 Å². The molecule has 0 heterocycles. The van der Waals surface area contributed by atoms with Gasteiger partial charge in [0, 0.05) is 24.3 Å². The number of Topliss-reactive ketones (excluding diaryl/α,β-unsaturated/α-hetero) is 1. The highest BCUT2D eigenvalue weighted by Gasteiger charge is 2.56. The van der Waals surface area contributed by atoms with Crippen molar-refractivity contribution in [2.24, 2.45) is 22.7 Å². The minimum absolute atomic E-state index is 0.0764. The van der Waals surface area contributed by atoms with Crippen molar-refractivity contribution >= 4 is 11.6 Å². The predicted molar refractivity (Wildman–Crippen MR) is 114 cm³/mol. The highest BCUT2D eigenvalue weighted by molar-refractivity contribution is 5.92. The fourth-order valence-corrected chi connectivity index (χ4v) is 5.60. The maximum absolute atomic E-state index is 12.3. The van der Waals surface area contributed by atoms with Gasteiger partial charge in [0.05, 0.1) is 5.41 Å². The van der Waals surface area contributed by atoms with Crippen molar-refractivity contribution in [2.75, 3.05) is 0 Å². The van der Waals surface area contributed by atoms with Crippen LogP contribution >= 0.6 is 0 Å². The Labute approximate surface area is 169 Å². The van der Waals surface area contributed by atoms with Crippen molar-refractivity contribution in [1.29, 1.82) is 0 Å². The molecule has 148 valence electrons. The van der Waals surface area contributed by atoms with Gasteiger partial charge in [-0.25, -0.2) is 0 Å². The van der Waals surface area contributed by atoms with Crippen molar-refractivity contribution in [1.82, 2.24) is 0 Å². The summed E-state index contributed by atoms with van der Waals surface area (Å²) in [5, 5.41) is 0. The number of ketones is 2. The van der Waals surface area contributed by atoms with Crippen LogP contribution in [0.25, 0.3) is 0 Å². The molecule has 2 fully saturated rings. The van der Waals surface area contributed by atoms with Crippen molar-refractivity contribution in [3.05, 3.63) is 47.5 Å². The Morgan fingerprint density at radius 3 is 2.43 bits per heavy atom. The Morgan fingerprint density at radius 1 is 1.00 bits per heavy atom. The highest BCUT2D eigenvalue weighted by atomic mass is 16.1. The molecule has 0 bridgehead atoms. The van der Waals surface area contributed by atoms with Crippen LogP contribution in [0.3, 0.4) is 0 Å². The number of fused-ring (bicyclic) bond motifs is 3. The van der Waals surface area contributed by atoms with Gasteiger partial charge in [-0.15, -0.1) is 0 Å². The molecule has 3 aliphatic carbocycles. The number of carbonyl (C=O) groups is 2. The van der Waals surface area contributed by atoms with E-state index in [0.29, 0.717) is 24.5 Å². The average molecular weight is 377 g/mol. The SMILES string of the molecule is CC.CC1C(=O)CCC2(C)C3=CC(=O)CCC3(C#Cc3ccccc3)CCC12. The van der Waals surface area contributed by atoms with E-state index in [4.69, 9.17) is 0 Å². The second kappa shape index (κ2) is 8.08. The van der Waals surface area contributed by atoms with E-state index in [2.05, 4.69) is 25.7 Å². The standard InChI is InChI=1S/C24H26O2.C2H6/c1-17-20-10-15-24(13-8-18-6-4-3-5-7-18)14-9-19(25)16-22(24)23(20,2)12-11-21(17)26;1-2/h3-7,16-17,20H,9-12,14-15H2,1-2H3;1-2H3. The smallest absolute Gasteiger partial charge is 0.155 e. The minimum atomic E-state index is -0.199. The van der Waals surface area contributed by atoms with Crippen LogP contribution in [0, 0.1) is 34.5 Å². The first-order chi connectivity index (χ1) is 13.4. The van der Waals surface area contributed by atoms with Gasteiger partial charge in [0.15, 0.2) is 5.78 Å². The van der Waals surface area contributed by atoms with Crippen molar-refractivity contribution in [3.63, 3.8) is 0 Å². The molecule has 0 aliphatic heterocycles. The normalized spacial score (nSPS) is 33.9. The van der Waals surface area contributed by atoms with Gasteiger partial charge < -0.3 is 0 Å². The molecule has 1 aromatic carbocycles. The van der Waals surface area contributed by atoms with E-state index in [1.807, 2.05) is 50.3 Å². The maximum atomic E-state index is 12.3. The number of carbonyl (C=O) groups excluding carboxylic acids is 2. The molecule has 4 unspecified atom stereocenters. The van der Waals surface area contributed by atoms with Gasteiger partial charge in [-0.3, -0.25) is 9.59 Å². The molecular weight excluding hydrogens is 344 g/mol. The number of benzene rings is 1. The molecule has 3 aliphatic rings. The maximum Gasteiger partial charge on any atom is 0.155 e. The second-order valence-electron chi connectivity index (χ2n) is 8.54. The molecule has 28 heavy (non-hydrogen) atoms. The molecule has 0 N–H and O–H groups in total. The Hall–Kier alpha value is -2.14. The first kappa shape index (κ1) is 20.6.